The molecule has 0 N–H and O–H groups in total. The smallest absolute Gasteiger partial charge is 0.159 e. The lowest BCUT2D eigenvalue weighted by molar-refractivity contribution is -0.142. The van der Waals surface area contributed by atoms with E-state index in [-0.39, 0.29) is 34.7 Å². The standard InChI is InChI=1S/C29H42O4/c1-28-11-9-18(24-7-3-5-13-32-24)15-19(28)16-22(30)26-20(28)10-12-29(2)21(26)17-23(31)27(29)25-8-4-6-14-33-25/h16,18,20-21,24-27H,3-15,17H2,1-2H3/t18-,20?,21?,24?,25?,26?,27+,28-,29-/m0/s1. The van der Waals surface area contributed by atoms with Crippen LogP contribution in [0.15, 0.2) is 11.6 Å². The summed E-state index contributed by atoms with van der Waals surface area (Å²) in [5, 5.41) is 0. The van der Waals surface area contributed by atoms with E-state index in [9.17, 15) is 9.59 Å². The molecule has 0 spiro atoms. The second-order valence-electron chi connectivity index (χ2n) is 12.7. The molecule has 0 amide bonds. The number of fused-ring (bicyclic) bond motifs is 5. The highest BCUT2D eigenvalue weighted by Gasteiger charge is 2.64. The van der Waals surface area contributed by atoms with Gasteiger partial charge in [0.1, 0.15) is 5.78 Å². The van der Waals surface area contributed by atoms with Crippen LogP contribution in [0.4, 0.5) is 0 Å². The highest BCUT2D eigenvalue weighted by Crippen LogP contribution is 2.66. The summed E-state index contributed by atoms with van der Waals surface area (Å²) in [6.07, 6.45) is 15.6. The number of ketones is 2. The first-order valence-electron chi connectivity index (χ1n) is 13.9. The van der Waals surface area contributed by atoms with Crippen LogP contribution in [0, 0.1) is 40.4 Å². The van der Waals surface area contributed by atoms with Crippen LogP contribution in [0.2, 0.25) is 0 Å². The van der Waals surface area contributed by atoms with Gasteiger partial charge in [0.15, 0.2) is 5.78 Å². The summed E-state index contributed by atoms with van der Waals surface area (Å²) in [5.74, 6) is 1.89. The van der Waals surface area contributed by atoms with Gasteiger partial charge in [0.25, 0.3) is 0 Å². The van der Waals surface area contributed by atoms with E-state index >= 15 is 0 Å². The summed E-state index contributed by atoms with van der Waals surface area (Å²) in [7, 11) is 0. The van der Waals surface area contributed by atoms with Crippen molar-refractivity contribution in [3.8, 4) is 0 Å². The third kappa shape index (κ3) is 3.44. The number of hydrogen-bond donors (Lipinski definition) is 0. The normalized spacial score (nSPS) is 50.2. The van der Waals surface area contributed by atoms with E-state index in [4.69, 9.17) is 9.47 Å². The maximum Gasteiger partial charge on any atom is 0.159 e. The molecule has 33 heavy (non-hydrogen) atoms. The molecule has 0 aromatic rings. The molecule has 0 aromatic carbocycles. The van der Waals surface area contributed by atoms with E-state index in [2.05, 4.69) is 19.9 Å². The minimum absolute atomic E-state index is 0.00563. The van der Waals surface area contributed by atoms with Crippen LogP contribution in [0.5, 0.6) is 0 Å². The topological polar surface area (TPSA) is 52.6 Å². The van der Waals surface area contributed by atoms with Crippen molar-refractivity contribution in [2.24, 2.45) is 40.4 Å². The lowest BCUT2D eigenvalue weighted by Gasteiger charge is -2.57. The fourth-order valence-corrected chi connectivity index (χ4v) is 9.39. The Balaban J connectivity index is 1.27. The third-order valence-electron chi connectivity index (χ3n) is 11.2. The van der Waals surface area contributed by atoms with Crippen molar-refractivity contribution in [1.29, 1.82) is 0 Å². The molecule has 2 aliphatic heterocycles. The molecule has 3 saturated carbocycles. The van der Waals surface area contributed by atoms with E-state index < -0.39 is 0 Å². The second kappa shape index (κ2) is 8.29. The maximum absolute atomic E-state index is 13.7. The molecule has 5 fully saturated rings. The lowest BCUT2D eigenvalue weighted by atomic mass is 9.46. The number of carbonyl (C=O) groups excluding carboxylic acids is 2. The average Bonchev–Trinajstić information content (AvgIpc) is 3.10. The van der Waals surface area contributed by atoms with Gasteiger partial charge in [0, 0.05) is 31.5 Å². The molecule has 4 nitrogen and oxygen atoms in total. The number of allylic oxidation sites excluding steroid dienone is 2. The summed E-state index contributed by atoms with van der Waals surface area (Å²) in [6.45, 7) is 6.47. The molecule has 5 unspecified atom stereocenters. The Bertz CT molecular complexity index is 835. The molecule has 182 valence electrons. The van der Waals surface area contributed by atoms with Crippen LogP contribution in [-0.4, -0.2) is 37.0 Å². The van der Waals surface area contributed by atoms with Gasteiger partial charge in [-0.1, -0.05) is 19.4 Å². The summed E-state index contributed by atoms with van der Waals surface area (Å²) in [4.78, 5) is 27.1. The molecule has 0 bridgehead atoms. The van der Waals surface area contributed by atoms with E-state index in [0.717, 1.165) is 51.7 Å². The van der Waals surface area contributed by atoms with Crippen LogP contribution < -0.4 is 0 Å². The highest BCUT2D eigenvalue weighted by atomic mass is 16.5. The van der Waals surface area contributed by atoms with Gasteiger partial charge in [-0.25, -0.2) is 0 Å². The molecular weight excluding hydrogens is 412 g/mol. The van der Waals surface area contributed by atoms with Gasteiger partial charge in [-0.15, -0.1) is 0 Å². The molecule has 6 rings (SSSR count). The minimum atomic E-state index is -0.0786. The molecule has 2 heterocycles. The molecular formula is C29H42O4. The molecule has 4 heteroatoms. The fraction of sp³-hybridized carbons (Fsp3) is 0.862. The van der Waals surface area contributed by atoms with Gasteiger partial charge >= 0.3 is 0 Å². The van der Waals surface area contributed by atoms with Crippen molar-refractivity contribution in [2.75, 3.05) is 13.2 Å². The fourth-order valence-electron chi connectivity index (χ4n) is 9.39. The largest absolute Gasteiger partial charge is 0.378 e. The maximum atomic E-state index is 13.7. The summed E-state index contributed by atoms with van der Waals surface area (Å²) < 4.78 is 12.3. The first-order valence-corrected chi connectivity index (χ1v) is 13.9. The first kappa shape index (κ1) is 22.5. The van der Waals surface area contributed by atoms with Crippen molar-refractivity contribution in [3.05, 3.63) is 11.6 Å². The average molecular weight is 455 g/mol. The molecule has 0 radical (unpaired) electrons. The number of rotatable bonds is 2. The van der Waals surface area contributed by atoms with Gasteiger partial charge in [-0.3, -0.25) is 9.59 Å². The van der Waals surface area contributed by atoms with Crippen LogP contribution in [0.1, 0.15) is 90.9 Å². The molecule has 9 atom stereocenters. The van der Waals surface area contributed by atoms with Crippen LogP contribution in [-0.2, 0) is 19.1 Å². The van der Waals surface area contributed by atoms with E-state index in [1.165, 1.54) is 37.7 Å². The predicted octanol–water partition coefficient (Wildman–Crippen LogP) is 5.68. The van der Waals surface area contributed by atoms with Gasteiger partial charge in [0.05, 0.1) is 12.2 Å². The van der Waals surface area contributed by atoms with Crippen molar-refractivity contribution in [2.45, 2.75) is 103 Å². The van der Waals surface area contributed by atoms with Gasteiger partial charge in [-0.2, -0.15) is 0 Å². The van der Waals surface area contributed by atoms with Crippen LogP contribution in [0.3, 0.4) is 0 Å². The Hall–Kier alpha value is -1.00. The van der Waals surface area contributed by atoms with Crippen molar-refractivity contribution >= 4 is 11.6 Å². The molecule has 0 aromatic heterocycles. The number of hydrogen-bond acceptors (Lipinski definition) is 4. The predicted molar refractivity (Wildman–Crippen MR) is 127 cm³/mol. The number of ether oxygens (including phenoxy) is 2. The van der Waals surface area contributed by atoms with Gasteiger partial charge in [-0.05, 0) is 105 Å². The highest BCUT2D eigenvalue weighted by molar-refractivity contribution is 5.96. The summed E-state index contributed by atoms with van der Waals surface area (Å²) >= 11 is 0. The zero-order chi connectivity index (χ0) is 22.8. The molecule has 4 aliphatic carbocycles. The Kier molecular flexibility index (Phi) is 5.65. The zero-order valence-corrected chi connectivity index (χ0v) is 20.7. The van der Waals surface area contributed by atoms with E-state index in [1.807, 2.05) is 0 Å². The monoisotopic (exact) mass is 454 g/mol. The Morgan fingerprint density at radius 1 is 0.818 bits per heavy atom. The lowest BCUT2D eigenvalue weighted by Crippen LogP contribution is -2.54. The quantitative estimate of drug-likeness (QED) is 0.539. The molecule has 2 saturated heterocycles. The molecule has 6 aliphatic rings. The Labute approximate surface area is 199 Å². The van der Waals surface area contributed by atoms with Gasteiger partial charge in [0.2, 0.25) is 0 Å². The SMILES string of the molecule is C[C@]12CC[C@H](C3CCCCO3)CC1=CC(=O)C1C2CC[C@@]2(C)C1CC(=O)[C@@H]2C1CCCCO1. The van der Waals surface area contributed by atoms with Crippen LogP contribution >= 0.6 is 0 Å². The van der Waals surface area contributed by atoms with Crippen molar-refractivity contribution in [1.82, 2.24) is 0 Å². The second-order valence-corrected chi connectivity index (χ2v) is 12.7. The third-order valence-corrected chi connectivity index (χ3v) is 11.2. The van der Waals surface area contributed by atoms with Gasteiger partial charge < -0.3 is 9.47 Å². The number of carbonyl (C=O) groups is 2. The summed E-state index contributed by atoms with van der Waals surface area (Å²) in [5.41, 5.74) is 1.44. The Morgan fingerprint density at radius 3 is 2.24 bits per heavy atom. The zero-order valence-electron chi connectivity index (χ0n) is 20.7. The van der Waals surface area contributed by atoms with Crippen LogP contribution in [0.25, 0.3) is 0 Å². The van der Waals surface area contributed by atoms with Crippen molar-refractivity contribution < 1.29 is 19.1 Å². The minimum Gasteiger partial charge on any atom is -0.378 e. The Morgan fingerprint density at radius 2 is 1.55 bits per heavy atom. The first-order chi connectivity index (χ1) is 15.9. The van der Waals surface area contributed by atoms with Crippen molar-refractivity contribution in [3.63, 3.8) is 0 Å². The van der Waals surface area contributed by atoms with E-state index in [1.54, 1.807) is 0 Å². The number of Topliss-reactive ketones (excluding diaryl/α,β-unsaturated/α-hetero) is 1. The van der Waals surface area contributed by atoms with E-state index in [0.29, 0.717) is 35.9 Å². The summed E-state index contributed by atoms with van der Waals surface area (Å²) in [6, 6.07) is 0.